The van der Waals surface area contributed by atoms with Gasteiger partial charge in [-0.15, -0.1) is 0 Å². The Morgan fingerprint density at radius 1 is 1.39 bits per heavy atom. The van der Waals surface area contributed by atoms with Crippen LogP contribution in [0.2, 0.25) is 0 Å². The van der Waals surface area contributed by atoms with Gasteiger partial charge in [0.25, 0.3) is 0 Å². The summed E-state index contributed by atoms with van der Waals surface area (Å²) in [4.78, 5) is 3.88. The van der Waals surface area contributed by atoms with Gasteiger partial charge in [0, 0.05) is 24.9 Å². The van der Waals surface area contributed by atoms with Gasteiger partial charge >= 0.3 is 0 Å². The zero-order valence-electron chi connectivity index (χ0n) is 10.8. The van der Waals surface area contributed by atoms with Gasteiger partial charge in [-0.3, -0.25) is 4.98 Å². The van der Waals surface area contributed by atoms with Crippen molar-refractivity contribution in [2.45, 2.75) is 44.7 Å². The number of aliphatic hydroxyl groups is 1. The molecule has 0 radical (unpaired) electrons. The SMILES string of the molecule is CC(NC1CCC(CO)CC1)c1cncc(F)c1. The first kappa shape index (κ1) is 13.4. The van der Waals surface area contributed by atoms with Crippen LogP contribution >= 0.6 is 0 Å². The lowest BCUT2D eigenvalue weighted by molar-refractivity contribution is 0.172. The number of hydrogen-bond donors (Lipinski definition) is 2. The first-order valence-electron chi connectivity index (χ1n) is 6.66. The summed E-state index contributed by atoms with van der Waals surface area (Å²) < 4.78 is 13.1. The van der Waals surface area contributed by atoms with Crippen LogP contribution < -0.4 is 5.32 Å². The quantitative estimate of drug-likeness (QED) is 0.865. The summed E-state index contributed by atoms with van der Waals surface area (Å²) in [5.74, 6) is 0.180. The molecular weight excluding hydrogens is 231 g/mol. The van der Waals surface area contributed by atoms with Gasteiger partial charge in [-0.25, -0.2) is 4.39 Å². The summed E-state index contributed by atoms with van der Waals surface area (Å²) in [7, 11) is 0. The predicted octanol–water partition coefficient (Wildman–Crippen LogP) is 2.42. The second kappa shape index (κ2) is 6.25. The highest BCUT2D eigenvalue weighted by atomic mass is 19.1. The van der Waals surface area contributed by atoms with Crippen LogP contribution in [-0.2, 0) is 0 Å². The van der Waals surface area contributed by atoms with Gasteiger partial charge in [0.2, 0.25) is 0 Å². The van der Waals surface area contributed by atoms with Gasteiger partial charge in [-0.05, 0) is 50.2 Å². The van der Waals surface area contributed by atoms with Gasteiger partial charge in [-0.2, -0.15) is 0 Å². The van der Waals surface area contributed by atoms with Crippen LogP contribution in [0.4, 0.5) is 4.39 Å². The van der Waals surface area contributed by atoms with Crippen LogP contribution in [0.5, 0.6) is 0 Å². The van der Waals surface area contributed by atoms with E-state index >= 15 is 0 Å². The van der Waals surface area contributed by atoms with Crippen LogP contribution in [0.1, 0.15) is 44.2 Å². The number of nitrogens with zero attached hydrogens (tertiary/aromatic N) is 1. The summed E-state index contributed by atoms with van der Waals surface area (Å²) in [6.45, 7) is 2.34. The van der Waals surface area contributed by atoms with Gasteiger partial charge in [0.05, 0.1) is 6.20 Å². The highest BCUT2D eigenvalue weighted by Gasteiger charge is 2.22. The van der Waals surface area contributed by atoms with Crippen molar-refractivity contribution in [1.29, 1.82) is 0 Å². The summed E-state index contributed by atoms with van der Waals surface area (Å²) in [6, 6.07) is 2.11. The lowest BCUT2D eigenvalue weighted by Gasteiger charge is -2.30. The Morgan fingerprint density at radius 2 is 2.11 bits per heavy atom. The van der Waals surface area contributed by atoms with E-state index in [2.05, 4.69) is 10.3 Å². The van der Waals surface area contributed by atoms with Crippen molar-refractivity contribution in [2.75, 3.05) is 6.61 Å². The molecule has 1 aromatic rings. The highest BCUT2D eigenvalue weighted by Crippen LogP contribution is 2.25. The van der Waals surface area contributed by atoms with E-state index in [9.17, 15) is 4.39 Å². The van der Waals surface area contributed by atoms with Gasteiger partial charge in [0.1, 0.15) is 5.82 Å². The van der Waals surface area contributed by atoms with Crippen LogP contribution in [-0.4, -0.2) is 22.7 Å². The number of pyridine rings is 1. The molecule has 18 heavy (non-hydrogen) atoms. The van der Waals surface area contributed by atoms with Crippen LogP contribution in [0.15, 0.2) is 18.5 Å². The molecule has 0 spiro atoms. The largest absolute Gasteiger partial charge is 0.396 e. The number of aliphatic hydroxyl groups excluding tert-OH is 1. The number of rotatable bonds is 4. The monoisotopic (exact) mass is 252 g/mol. The third-order valence-corrected chi connectivity index (χ3v) is 3.82. The molecule has 2 rings (SSSR count). The molecule has 0 aromatic carbocycles. The fourth-order valence-corrected chi connectivity index (χ4v) is 2.63. The Bertz CT molecular complexity index is 378. The van der Waals surface area contributed by atoms with E-state index in [1.165, 1.54) is 12.3 Å². The van der Waals surface area contributed by atoms with E-state index in [-0.39, 0.29) is 11.9 Å². The summed E-state index contributed by atoms with van der Waals surface area (Å²) in [5.41, 5.74) is 0.888. The topological polar surface area (TPSA) is 45.1 Å². The molecule has 0 amide bonds. The van der Waals surface area contributed by atoms with E-state index in [1.54, 1.807) is 6.20 Å². The number of halogens is 1. The Morgan fingerprint density at radius 3 is 2.72 bits per heavy atom. The average Bonchev–Trinajstić information content (AvgIpc) is 2.39. The normalized spacial score (nSPS) is 25.9. The molecule has 4 heteroatoms. The van der Waals surface area contributed by atoms with Crippen LogP contribution in [0.3, 0.4) is 0 Å². The maximum absolute atomic E-state index is 13.1. The van der Waals surface area contributed by atoms with E-state index < -0.39 is 0 Å². The molecule has 1 aliphatic carbocycles. The highest BCUT2D eigenvalue weighted by molar-refractivity contribution is 5.14. The number of nitrogens with one attached hydrogen (secondary N) is 1. The summed E-state index contributed by atoms with van der Waals surface area (Å²) in [5, 5.41) is 12.6. The molecule has 3 nitrogen and oxygen atoms in total. The van der Waals surface area contributed by atoms with Crippen molar-refractivity contribution in [3.05, 3.63) is 29.8 Å². The van der Waals surface area contributed by atoms with Crippen LogP contribution in [0, 0.1) is 11.7 Å². The lowest BCUT2D eigenvalue weighted by Crippen LogP contribution is -2.35. The molecule has 1 fully saturated rings. The first-order valence-corrected chi connectivity index (χ1v) is 6.66. The average molecular weight is 252 g/mol. The smallest absolute Gasteiger partial charge is 0.141 e. The van der Waals surface area contributed by atoms with E-state index in [1.807, 2.05) is 6.92 Å². The number of aromatic nitrogens is 1. The molecule has 1 aromatic heterocycles. The minimum Gasteiger partial charge on any atom is -0.396 e. The molecule has 2 N–H and O–H groups in total. The predicted molar refractivity (Wildman–Crippen MR) is 68.6 cm³/mol. The molecular formula is C14H21FN2O. The molecule has 0 bridgehead atoms. The van der Waals surface area contributed by atoms with E-state index in [4.69, 9.17) is 5.11 Å². The fourth-order valence-electron chi connectivity index (χ4n) is 2.63. The van der Waals surface area contributed by atoms with E-state index in [0.29, 0.717) is 18.6 Å². The van der Waals surface area contributed by atoms with Crippen molar-refractivity contribution < 1.29 is 9.50 Å². The molecule has 100 valence electrons. The number of hydrogen-bond acceptors (Lipinski definition) is 3. The zero-order valence-corrected chi connectivity index (χ0v) is 10.8. The van der Waals surface area contributed by atoms with Crippen molar-refractivity contribution >= 4 is 0 Å². The Hall–Kier alpha value is -1.00. The molecule has 1 heterocycles. The second-order valence-corrected chi connectivity index (χ2v) is 5.23. The zero-order chi connectivity index (χ0) is 13.0. The molecule has 1 aliphatic rings. The Labute approximate surface area is 107 Å². The summed E-state index contributed by atoms with van der Waals surface area (Å²) >= 11 is 0. The van der Waals surface area contributed by atoms with E-state index in [0.717, 1.165) is 31.2 Å². The third-order valence-electron chi connectivity index (χ3n) is 3.82. The molecule has 0 aliphatic heterocycles. The minimum absolute atomic E-state index is 0.115. The maximum Gasteiger partial charge on any atom is 0.141 e. The second-order valence-electron chi connectivity index (χ2n) is 5.23. The van der Waals surface area contributed by atoms with Gasteiger partial charge in [-0.1, -0.05) is 0 Å². The van der Waals surface area contributed by atoms with Gasteiger partial charge < -0.3 is 10.4 Å². The summed E-state index contributed by atoms with van der Waals surface area (Å²) in [6.07, 6.45) is 7.24. The molecule has 1 saturated carbocycles. The maximum atomic E-state index is 13.1. The molecule has 0 saturated heterocycles. The first-order chi connectivity index (χ1) is 8.69. The Balaban J connectivity index is 1.86. The minimum atomic E-state index is -0.287. The van der Waals surface area contributed by atoms with Crippen molar-refractivity contribution in [1.82, 2.24) is 10.3 Å². The van der Waals surface area contributed by atoms with Crippen molar-refractivity contribution in [3.63, 3.8) is 0 Å². The van der Waals surface area contributed by atoms with Crippen LogP contribution in [0.25, 0.3) is 0 Å². The van der Waals surface area contributed by atoms with Crippen molar-refractivity contribution in [2.24, 2.45) is 5.92 Å². The Kier molecular flexibility index (Phi) is 4.66. The van der Waals surface area contributed by atoms with Crippen molar-refractivity contribution in [3.8, 4) is 0 Å². The van der Waals surface area contributed by atoms with Gasteiger partial charge in [0.15, 0.2) is 0 Å². The standard InChI is InChI=1S/C14H21FN2O/c1-10(12-6-13(15)8-16-7-12)17-14-4-2-11(9-18)3-5-14/h6-8,10-11,14,17-18H,2-5,9H2,1H3. The molecule has 1 unspecified atom stereocenters. The lowest BCUT2D eigenvalue weighted by atomic mass is 9.86. The fraction of sp³-hybridized carbons (Fsp3) is 0.643. The third kappa shape index (κ3) is 3.50. The molecule has 1 atom stereocenters.